The lowest BCUT2D eigenvalue weighted by Gasteiger charge is -2.10. The molecule has 1 heterocycles. The normalized spacial score (nSPS) is 11.4. The number of thiazole rings is 1. The maximum absolute atomic E-state index is 12.8. The molecule has 0 aliphatic rings. The van der Waals surface area contributed by atoms with Crippen molar-refractivity contribution < 1.29 is 9.13 Å². The van der Waals surface area contributed by atoms with Crippen molar-refractivity contribution in [2.24, 2.45) is 4.99 Å². The number of aliphatic imine (C=N–C) groups is 1. The number of halogens is 1. The molecule has 0 saturated carbocycles. The molecule has 0 atom stereocenters. The number of ether oxygens (including phenoxy) is 1. The summed E-state index contributed by atoms with van der Waals surface area (Å²) in [7, 11) is 0. The minimum absolute atomic E-state index is 0.250. The highest BCUT2D eigenvalue weighted by Gasteiger charge is 2.01. The summed E-state index contributed by atoms with van der Waals surface area (Å²) in [6.07, 6.45) is 2.72. The lowest BCUT2D eigenvalue weighted by atomic mass is 10.3. The van der Waals surface area contributed by atoms with Gasteiger partial charge in [-0.3, -0.25) is 4.99 Å². The van der Waals surface area contributed by atoms with Crippen LogP contribution in [-0.4, -0.2) is 37.2 Å². The number of benzene rings is 1. The Labute approximate surface area is 158 Å². The lowest BCUT2D eigenvalue weighted by Crippen LogP contribution is -2.38. The van der Waals surface area contributed by atoms with Crippen molar-refractivity contribution in [3.8, 4) is 5.75 Å². The highest BCUT2D eigenvalue weighted by molar-refractivity contribution is 7.09. The van der Waals surface area contributed by atoms with Gasteiger partial charge in [0.25, 0.3) is 0 Å². The van der Waals surface area contributed by atoms with Crippen molar-refractivity contribution in [2.45, 2.75) is 33.1 Å². The first kappa shape index (κ1) is 20.2. The van der Waals surface area contributed by atoms with Crippen molar-refractivity contribution in [3.63, 3.8) is 0 Å². The Morgan fingerprint density at radius 1 is 1.23 bits per heavy atom. The molecular weight excluding hydrogens is 351 g/mol. The fourth-order valence-electron chi connectivity index (χ4n) is 2.30. The van der Waals surface area contributed by atoms with Gasteiger partial charge in [0, 0.05) is 31.4 Å². The van der Waals surface area contributed by atoms with Crippen LogP contribution in [0, 0.1) is 12.7 Å². The molecule has 2 rings (SSSR count). The molecule has 0 bridgehead atoms. The second-order valence-electron chi connectivity index (χ2n) is 5.80. The van der Waals surface area contributed by atoms with Crippen LogP contribution in [0.1, 0.15) is 30.5 Å². The van der Waals surface area contributed by atoms with Crippen molar-refractivity contribution in [2.75, 3.05) is 26.2 Å². The molecular formula is C19H27FN4OS. The standard InChI is InChI=1S/C19H27FN4OS/c1-3-21-19(23-12-10-17-14-26-15(2)24-17)22-11-4-5-13-25-18-8-6-16(20)7-9-18/h6-9,14H,3-5,10-13H2,1-2H3,(H2,21,22,23). The van der Waals surface area contributed by atoms with E-state index in [1.54, 1.807) is 23.5 Å². The van der Waals surface area contributed by atoms with Crippen molar-refractivity contribution >= 4 is 17.3 Å². The average molecular weight is 379 g/mol. The van der Waals surface area contributed by atoms with Crippen LogP contribution in [0.4, 0.5) is 4.39 Å². The van der Waals surface area contributed by atoms with Crippen LogP contribution in [-0.2, 0) is 6.42 Å². The van der Waals surface area contributed by atoms with Gasteiger partial charge in [0.05, 0.1) is 17.3 Å². The molecule has 142 valence electrons. The quantitative estimate of drug-likeness (QED) is 0.377. The fraction of sp³-hybridized carbons (Fsp3) is 0.474. The van der Waals surface area contributed by atoms with Crippen LogP contribution in [0.5, 0.6) is 5.75 Å². The smallest absolute Gasteiger partial charge is 0.191 e. The number of guanidine groups is 1. The molecule has 2 aromatic rings. The first-order valence-electron chi connectivity index (χ1n) is 8.99. The summed E-state index contributed by atoms with van der Waals surface area (Å²) in [6.45, 7) is 7.05. The van der Waals surface area contributed by atoms with E-state index in [4.69, 9.17) is 4.74 Å². The van der Waals surface area contributed by atoms with E-state index in [1.807, 2.05) is 6.92 Å². The zero-order valence-electron chi connectivity index (χ0n) is 15.4. The molecule has 26 heavy (non-hydrogen) atoms. The van der Waals surface area contributed by atoms with Crippen LogP contribution in [0.15, 0.2) is 34.6 Å². The van der Waals surface area contributed by atoms with Gasteiger partial charge in [-0.05, 0) is 51.0 Å². The number of nitrogens with one attached hydrogen (secondary N) is 2. The Bertz CT molecular complexity index is 672. The Balaban J connectivity index is 1.61. The van der Waals surface area contributed by atoms with Crippen molar-refractivity contribution in [1.82, 2.24) is 15.6 Å². The number of aromatic nitrogens is 1. The van der Waals surface area contributed by atoms with Gasteiger partial charge in [-0.1, -0.05) is 0 Å². The summed E-state index contributed by atoms with van der Waals surface area (Å²) in [6, 6.07) is 6.09. The Kier molecular flexibility index (Phi) is 8.89. The SMILES string of the molecule is CCNC(=NCCCCOc1ccc(F)cc1)NCCc1csc(C)n1. The molecule has 0 aliphatic carbocycles. The molecule has 0 spiro atoms. The zero-order chi connectivity index (χ0) is 18.6. The minimum Gasteiger partial charge on any atom is -0.494 e. The highest BCUT2D eigenvalue weighted by atomic mass is 32.1. The van der Waals surface area contributed by atoms with Crippen LogP contribution >= 0.6 is 11.3 Å². The number of unbranched alkanes of at least 4 members (excludes halogenated alkanes) is 1. The third-order valence-corrected chi connectivity index (χ3v) is 4.41. The maximum Gasteiger partial charge on any atom is 0.191 e. The van der Waals surface area contributed by atoms with E-state index in [2.05, 4.69) is 32.9 Å². The maximum atomic E-state index is 12.8. The predicted molar refractivity (Wildman–Crippen MR) is 106 cm³/mol. The number of rotatable bonds is 10. The van der Waals surface area contributed by atoms with Gasteiger partial charge in [-0.2, -0.15) is 0 Å². The third kappa shape index (κ3) is 7.82. The van der Waals surface area contributed by atoms with Crippen LogP contribution in [0.2, 0.25) is 0 Å². The molecule has 0 amide bonds. The van der Waals surface area contributed by atoms with E-state index in [0.717, 1.165) is 55.6 Å². The molecule has 0 unspecified atom stereocenters. The minimum atomic E-state index is -0.250. The summed E-state index contributed by atoms with van der Waals surface area (Å²) < 4.78 is 18.4. The van der Waals surface area contributed by atoms with Gasteiger partial charge in [0.1, 0.15) is 11.6 Å². The zero-order valence-corrected chi connectivity index (χ0v) is 16.2. The van der Waals surface area contributed by atoms with Crippen LogP contribution in [0.25, 0.3) is 0 Å². The monoisotopic (exact) mass is 378 g/mol. The molecule has 2 N–H and O–H groups in total. The van der Waals surface area contributed by atoms with Gasteiger partial charge < -0.3 is 15.4 Å². The fourth-order valence-corrected chi connectivity index (χ4v) is 2.95. The van der Waals surface area contributed by atoms with E-state index in [9.17, 15) is 4.39 Å². The summed E-state index contributed by atoms with van der Waals surface area (Å²) in [5.41, 5.74) is 1.12. The van der Waals surface area contributed by atoms with Crippen LogP contribution in [0.3, 0.4) is 0 Å². The lowest BCUT2D eigenvalue weighted by molar-refractivity contribution is 0.307. The Morgan fingerprint density at radius 2 is 2.04 bits per heavy atom. The summed E-state index contributed by atoms with van der Waals surface area (Å²) in [5, 5.41) is 9.79. The summed E-state index contributed by atoms with van der Waals surface area (Å²) >= 11 is 1.68. The topological polar surface area (TPSA) is 58.5 Å². The van der Waals surface area contributed by atoms with Crippen LogP contribution < -0.4 is 15.4 Å². The van der Waals surface area contributed by atoms with E-state index in [0.29, 0.717) is 12.4 Å². The summed E-state index contributed by atoms with van der Waals surface area (Å²) in [4.78, 5) is 9.04. The number of hydrogen-bond donors (Lipinski definition) is 2. The Morgan fingerprint density at radius 3 is 2.73 bits per heavy atom. The van der Waals surface area contributed by atoms with Gasteiger partial charge in [-0.15, -0.1) is 11.3 Å². The largest absolute Gasteiger partial charge is 0.494 e. The molecule has 0 fully saturated rings. The van der Waals surface area contributed by atoms with E-state index in [1.165, 1.54) is 12.1 Å². The first-order valence-corrected chi connectivity index (χ1v) is 9.87. The van der Waals surface area contributed by atoms with Gasteiger partial charge in [0.15, 0.2) is 5.96 Å². The molecule has 5 nitrogen and oxygen atoms in total. The molecule has 0 saturated heterocycles. The van der Waals surface area contributed by atoms with E-state index < -0.39 is 0 Å². The highest BCUT2D eigenvalue weighted by Crippen LogP contribution is 2.11. The second kappa shape index (κ2) is 11.5. The number of nitrogens with zero attached hydrogens (tertiary/aromatic N) is 2. The average Bonchev–Trinajstić information content (AvgIpc) is 3.04. The van der Waals surface area contributed by atoms with E-state index >= 15 is 0 Å². The predicted octanol–water partition coefficient (Wildman–Crippen LogP) is 3.55. The van der Waals surface area contributed by atoms with Crippen molar-refractivity contribution in [3.05, 3.63) is 46.2 Å². The molecule has 1 aromatic heterocycles. The summed E-state index contributed by atoms with van der Waals surface area (Å²) in [5.74, 6) is 1.28. The molecule has 1 aromatic carbocycles. The second-order valence-corrected chi connectivity index (χ2v) is 6.87. The number of hydrogen-bond acceptors (Lipinski definition) is 4. The van der Waals surface area contributed by atoms with Gasteiger partial charge in [0.2, 0.25) is 0 Å². The van der Waals surface area contributed by atoms with Crippen molar-refractivity contribution in [1.29, 1.82) is 0 Å². The number of aryl methyl sites for hydroxylation is 1. The Hall–Kier alpha value is -2.15. The molecule has 0 aliphatic heterocycles. The third-order valence-electron chi connectivity index (χ3n) is 3.59. The van der Waals surface area contributed by atoms with Gasteiger partial charge in [-0.25, -0.2) is 9.37 Å². The molecule has 0 radical (unpaired) electrons. The van der Waals surface area contributed by atoms with E-state index in [-0.39, 0.29) is 5.82 Å². The first-order chi connectivity index (χ1) is 12.7. The van der Waals surface area contributed by atoms with Gasteiger partial charge >= 0.3 is 0 Å². The molecule has 7 heteroatoms.